The fraction of sp³-hybridized carbons (Fsp3) is 0.222. The number of fused-ring (bicyclic) bond motifs is 3. The van der Waals surface area contributed by atoms with Crippen molar-refractivity contribution < 1.29 is 52.1 Å². The number of ether oxygens (including phenoxy) is 1. The molecule has 1 radical (unpaired) electrons. The second-order valence-electron chi connectivity index (χ2n) is 5.54. The molecule has 1 aliphatic carbocycles. The van der Waals surface area contributed by atoms with Crippen LogP contribution >= 0.6 is 12.6 Å². The van der Waals surface area contributed by atoms with Gasteiger partial charge in [-0.05, 0) is 22.3 Å². The van der Waals surface area contributed by atoms with Crippen LogP contribution in [0.15, 0.2) is 48.5 Å². The molecule has 0 saturated heterocycles. The molecule has 2 aromatic rings. The standard InChI is InChI=1S/C18H17NO4S.Y/c20-17(21)16(10-24)19-18(22)23-9-15-13-7-3-1-5-11(13)12-6-2-4-8-14(12)15;/h1-8,15-16,24H,9-10H2,(H,19,22)(H,20,21);. The van der Waals surface area contributed by atoms with E-state index in [-0.39, 0.29) is 51.0 Å². The summed E-state index contributed by atoms with van der Waals surface area (Å²) in [5.74, 6) is -1.19. The van der Waals surface area contributed by atoms with E-state index in [4.69, 9.17) is 9.84 Å². The van der Waals surface area contributed by atoms with E-state index in [1.807, 2.05) is 36.4 Å². The van der Waals surface area contributed by atoms with Gasteiger partial charge in [-0.2, -0.15) is 12.6 Å². The minimum atomic E-state index is -1.14. The molecule has 0 bridgehead atoms. The van der Waals surface area contributed by atoms with Crippen LogP contribution < -0.4 is 5.32 Å². The van der Waals surface area contributed by atoms with Crippen molar-refractivity contribution in [1.29, 1.82) is 0 Å². The maximum Gasteiger partial charge on any atom is 0.407 e. The average Bonchev–Trinajstić information content (AvgIpc) is 2.91. The molecule has 0 spiro atoms. The largest absolute Gasteiger partial charge is 0.480 e. The SMILES string of the molecule is O=C(NC(CS)C(=O)O)OCC1c2ccccc2-c2ccccc21.[Y]. The summed E-state index contributed by atoms with van der Waals surface area (Å²) in [6.07, 6.45) is -0.752. The van der Waals surface area contributed by atoms with Crippen LogP contribution in [0.3, 0.4) is 0 Å². The van der Waals surface area contributed by atoms with E-state index < -0.39 is 18.1 Å². The Kier molecular flexibility index (Phi) is 7.05. The number of amides is 1. The van der Waals surface area contributed by atoms with E-state index in [1.165, 1.54) is 0 Å². The van der Waals surface area contributed by atoms with Crippen molar-refractivity contribution in [3.63, 3.8) is 0 Å². The van der Waals surface area contributed by atoms with Gasteiger partial charge in [0, 0.05) is 44.4 Å². The summed E-state index contributed by atoms with van der Waals surface area (Å²) in [6, 6.07) is 15.0. The second-order valence-corrected chi connectivity index (χ2v) is 5.91. The van der Waals surface area contributed by atoms with E-state index in [0.29, 0.717) is 0 Å². The third kappa shape index (κ3) is 4.25. The molecule has 7 heteroatoms. The number of rotatable bonds is 5. The molecule has 1 atom stereocenters. The second kappa shape index (κ2) is 8.83. The van der Waals surface area contributed by atoms with Crippen LogP contribution in [-0.2, 0) is 42.2 Å². The van der Waals surface area contributed by atoms with Gasteiger partial charge in [0.2, 0.25) is 0 Å². The predicted molar refractivity (Wildman–Crippen MR) is 93.5 cm³/mol. The van der Waals surface area contributed by atoms with Crippen molar-refractivity contribution in [3.8, 4) is 11.1 Å². The third-order valence-electron chi connectivity index (χ3n) is 4.12. The van der Waals surface area contributed by atoms with Gasteiger partial charge < -0.3 is 15.2 Å². The summed E-state index contributed by atoms with van der Waals surface area (Å²) in [6.45, 7) is 0.152. The summed E-state index contributed by atoms with van der Waals surface area (Å²) in [5, 5.41) is 11.2. The molecule has 1 aliphatic rings. The van der Waals surface area contributed by atoms with Gasteiger partial charge in [0.05, 0.1) is 0 Å². The molecule has 5 nitrogen and oxygen atoms in total. The molecule has 2 N–H and O–H groups in total. The Morgan fingerprint density at radius 2 is 1.60 bits per heavy atom. The molecule has 2 aromatic carbocycles. The summed E-state index contributed by atoms with van der Waals surface area (Å²) >= 11 is 3.91. The van der Waals surface area contributed by atoms with Crippen LogP contribution in [0.5, 0.6) is 0 Å². The van der Waals surface area contributed by atoms with Crippen LogP contribution in [-0.4, -0.2) is 35.6 Å². The summed E-state index contributed by atoms with van der Waals surface area (Å²) in [4.78, 5) is 22.8. The van der Waals surface area contributed by atoms with E-state index in [0.717, 1.165) is 22.3 Å². The first kappa shape index (κ1) is 20.0. The molecule has 1 unspecified atom stereocenters. The molecule has 1 amide bonds. The molecular formula is C18H17NO4SY. The number of carboxylic acids is 1. The van der Waals surface area contributed by atoms with Crippen LogP contribution in [0, 0.1) is 0 Å². The number of hydrogen-bond donors (Lipinski definition) is 3. The van der Waals surface area contributed by atoms with Gasteiger partial charge in [-0.25, -0.2) is 9.59 Å². The summed E-state index contributed by atoms with van der Waals surface area (Å²) in [5.41, 5.74) is 4.49. The van der Waals surface area contributed by atoms with Crippen LogP contribution in [0.25, 0.3) is 11.1 Å². The molecule has 3 rings (SSSR count). The number of aliphatic carboxylic acids is 1. The predicted octanol–water partition coefficient (Wildman–Crippen LogP) is 2.91. The van der Waals surface area contributed by atoms with E-state index in [9.17, 15) is 9.59 Å². The van der Waals surface area contributed by atoms with E-state index in [1.54, 1.807) is 0 Å². The minimum Gasteiger partial charge on any atom is -0.480 e. The monoisotopic (exact) mass is 432 g/mol. The van der Waals surface area contributed by atoms with Gasteiger partial charge in [0.15, 0.2) is 0 Å². The first-order chi connectivity index (χ1) is 11.6. The van der Waals surface area contributed by atoms with Crippen molar-refractivity contribution in [2.24, 2.45) is 0 Å². The van der Waals surface area contributed by atoms with Crippen LogP contribution in [0.4, 0.5) is 4.79 Å². The molecule has 25 heavy (non-hydrogen) atoms. The Morgan fingerprint density at radius 1 is 1.08 bits per heavy atom. The zero-order valence-electron chi connectivity index (χ0n) is 13.4. The normalized spacial score (nSPS) is 13.2. The van der Waals surface area contributed by atoms with Gasteiger partial charge in [-0.1, -0.05) is 48.5 Å². The topological polar surface area (TPSA) is 75.6 Å². The number of hydrogen-bond acceptors (Lipinski definition) is 4. The summed E-state index contributed by atoms with van der Waals surface area (Å²) in [7, 11) is 0. The number of carboxylic acid groups (broad SMARTS) is 1. The van der Waals surface area contributed by atoms with Gasteiger partial charge in [0.25, 0.3) is 0 Å². The molecule has 0 aromatic heterocycles. The Morgan fingerprint density at radius 3 is 2.08 bits per heavy atom. The zero-order valence-corrected chi connectivity index (χ0v) is 17.1. The Hall–Kier alpha value is -1.37. The van der Waals surface area contributed by atoms with E-state index >= 15 is 0 Å². The van der Waals surface area contributed by atoms with Gasteiger partial charge in [0.1, 0.15) is 12.6 Å². The van der Waals surface area contributed by atoms with Gasteiger partial charge in [-0.15, -0.1) is 0 Å². The minimum absolute atomic E-state index is 0. The number of carbonyl (C=O) groups is 2. The maximum absolute atomic E-state index is 11.9. The van der Waals surface area contributed by atoms with Crippen molar-refractivity contribution in [1.82, 2.24) is 5.32 Å². The molecule has 127 valence electrons. The quantitative estimate of drug-likeness (QED) is 0.636. The van der Waals surface area contributed by atoms with Crippen LogP contribution in [0.1, 0.15) is 17.0 Å². The van der Waals surface area contributed by atoms with Crippen molar-refractivity contribution in [2.45, 2.75) is 12.0 Å². The zero-order chi connectivity index (χ0) is 17.1. The van der Waals surface area contributed by atoms with Crippen molar-refractivity contribution in [2.75, 3.05) is 12.4 Å². The first-order valence-electron chi connectivity index (χ1n) is 7.57. The van der Waals surface area contributed by atoms with E-state index in [2.05, 4.69) is 30.1 Å². The van der Waals surface area contributed by atoms with Gasteiger partial charge >= 0.3 is 12.1 Å². The maximum atomic E-state index is 11.9. The number of alkyl carbamates (subject to hydrolysis) is 1. The van der Waals surface area contributed by atoms with Gasteiger partial charge in [-0.3, -0.25) is 0 Å². The first-order valence-corrected chi connectivity index (χ1v) is 8.20. The van der Waals surface area contributed by atoms with Crippen molar-refractivity contribution in [3.05, 3.63) is 59.7 Å². The Balaban J connectivity index is 0.00000225. The van der Waals surface area contributed by atoms with Crippen LogP contribution in [0.2, 0.25) is 0 Å². The Bertz CT molecular complexity index is 738. The smallest absolute Gasteiger partial charge is 0.407 e. The fourth-order valence-corrected chi connectivity index (χ4v) is 3.22. The number of thiol groups is 1. The third-order valence-corrected chi connectivity index (χ3v) is 4.48. The summed E-state index contributed by atoms with van der Waals surface area (Å²) < 4.78 is 5.27. The number of nitrogens with one attached hydrogen (secondary N) is 1. The molecule has 0 aliphatic heterocycles. The fourth-order valence-electron chi connectivity index (χ4n) is 2.97. The van der Waals surface area contributed by atoms with Crippen molar-refractivity contribution >= 4 is 24.7 Å². The molecule has 0 saturated carbocycles. The molecular weight excluding hydrogens is 415 g/mol. The molecule has 0 heterocycles. The average molecular weight is 432 g/mol. The number of benzene rings is 2. The Labute approximate surface area is 176 Å². The number of carbonyl (C=O) groups excluding carboxylic acids is 1. The molecule has 0 fully saturated rings.